The topological polar surface area (TPSA) is 63.2 Å². The number of nitrogens with zero attached hydrogens (tertiary/aromatic N) is 3. The van der Waals surface area contributed by atoms with Crippen molar-refractivity contribution in [3.05, 3.63) is 53.6 Å². The lowest BCUT2D eigenvalue weighted by molar-refractivity contribution is 0.347. The van der Waals surface area contributed by atoms with Crippen molar-refractivity contribution in [3.8, 4) is 0 Å². The van der Waals surface area contributed by atoms with E-state index in [9.17, 15) is 8.42 Å². The molecule has 7 heteroatoms. The second-order valence-corrected chi connectivity index (χ2v) is 7.10. The van der Waals surface area contributed by atoms with Gasteiger partial charge in [-0.05, 0) is 37.6 Å². The molecular formula is C14H16ClN3O2S. The molecule has 0 fully saturated rings. The first kappa shape index (κ1) is 15.9. The molecule has 0 saturated carbocycles. The molecule has 0 aliphatic heterocycles. The minimum absolute atomic E-state index is 0.129. The molecule has 0 radical (unpaired) electrons. The summed E-state index contributed by atoms with van der Waals surface area (Å²) in [6.45, 7) is 3.92. The Morgan fingerprint density at radius 1 is 1.24 bits per heavy atom. The van der Waals surface area contributed by atoms with E-state index in [-0.39, 0.29) is 22.6 Å². The van der Waals surface area contributed by atoms with Gasteiger partial charge in [-0.1, -0.05) is 17.7 Å². The van der Waals surface area contributed by atoms with Gasteiger partial charge < -0.3 is 0 Å². The van der Waals surface area contributed by atoms with Gasteiger partial charge in [-0.2, -0.15) is 4.31 Å². The number of hydrogen-bond acceptors (Lipinski definition) is 4. The Kier molecular flexibility index (Phi) is 4.92. The number of aromatic nitrogens is 2. The number of pyridine rings is 2. The summed E-state index contributed by atoms with van der Waals surface area (Å²) in [7, 11) is -3.63. The minimum Gasteiger partial charge on any atom is -0.264 e. The summed E-state index contributed by atoms with van der Waals surface area (Å²) in [5.74, 6) is 0. The van der Waals surface area contributed by atoms with E-state index in [1.165, 1.54) is 22.6 Å². The highest BCUT2D eigenvalue weighted by Crippen LogP contribution is 2.21. The van der Waals surface area contributed by atoms with E-state index in [2.05, 4.69) is 9.97 Å². The molecule has 2 aromatic heterocycles. The van der Waals surface area contributed by atoms with Crippen LogP contribution in [0, 0.1) is 0 Å². The lowest BCUT2D eigenvalue weighted by Crippen LogP contribution is -2.36. The third-order valence-corrected chi connectivity index (χ3v) is 5.17. The van der Waals surface area contributed by atoms with Gasteiger partial charge in [0, 0.05) is 31.2 Å². The van der Waals surface area contributed by atoms with Crippen LogP contribution in [0.15, 0.2) is 47.8 Å². The molecule has 0 aromatic carbocycles. The molecule has 0 atom stereocenters. The molecule has 2 aromatic rings. The first-order chi connectivity index (χ1) is 9.91. The molecule has 0 spiro atoms. The summed E-state index contributed by atoms with van der Waals surface area (Å²) >= 11 is 5.71. The van der Waals surface area contributed by atoms with Crippen LogP contribution in [0.1, 0.15) is 19.4 Å². The standard InChI is InChI=1S/C14H16ClN3O2S/c1-11(2)18(10-12-4-3-7-16-8-12)21(19,20)13-5-6-14(15)17-9-13/h3-9,11H,10H2,1-2H3. The quantitative estimate of drug-likeness (QED) is 0.793. The third-order valence-electron chi connectivity index (χ3n) is 2.94. The summed E-state index contributed by atoms with van der Waals surface area (Å²) in [6, 6.07) is 6.37. The lowest BCUT2D eigenvalue weighted by atomic mass is 10.2. The van der Waals surface area contributed by atoms with Gasteiger partial charge in [-0.15, -0.1) is 0 Å². The fraction of sp³-hybridized carbons (Fsp3) is 0.286. The van der Waals surface area contributed by atoms with Gasteiger partial charge in [0.1, 0.15) is 10.0 Å². The fourth-order valence-corrected chi connectivity index (χ4v) is 3.55. The van der Waals surface area contributed by atoms with E-state index < -0.39 is 10.0 Å². The van der Waals surface area contributed by atoms with Crippen molar-refractivity contribution < 1.29 is 8.42 Å². The zero-order chi connectivity index (χ0) is 15.5. The average Bonchev–Trinajstić information content (AvgIpc) is 2.46. The molecule has 2 heterocycles. The van der Waals surface area contributed by atoms with E-state index in [0.29, 0.717) is 0 Å². The van der Waals surface area contributed by atoms with E-state index in [0.717, 1.165) is 5.56 Å². The molecule has 2 rings (SSSR count). The maximum absolute atomic E-state index is 12.7. The van der Waals surface area contributed by atoms with Gasteiger partial charge in [0.2, 0.25) is 10.0 Å². The van der Waals surface area contributed by atoms with Gasteiger partial charge in [0.05, 0.1) is 0 Å². The molecule has 0 N–H and O–H groups in total. The zero-order valence-electron chi connectivity index (χ0n) is 11.8. The van der Waals surface area contributed by atoms with Crippen molar-refractivity contribution in [1.82, 2.24) is 14.3 Å². The highest BCUT2D eigenvalue weighted by atomic mass is 35.5. The van der Waals surface area contributed by atoms with Crippen molar-refractivity contribution in [2.45, 2.75) is 31.3 Å². The van der Waals surface area contributed by atoms with Gasteiger partial charge >= 0.3 is 0 Å². The predicted octanol–water partition coefficient (Wildman–Crippen LogP) is 2.73. The molecule has 21 heavy (non-hydrogen) atoms. The van der Waals surface area contributed by atoms with Crippen molar-refractivity contribution in [2.24, 2.45) is 0 Å². The molecule has 112 valence electrons. The van der Waals surface area contributed by atoms with Crippen LogP contribution in [0.2, 0.25) is 5.15 Å². The minimum atomic E-state index is -3.63. The Bertz CT molecular complexity index is 688. The third kappa shape index (κ3) is 3.78. The van der Waals surface area contributed by atoms with Gasteiger partial charge in [-0.3, -0.25) is 4.98 Å². The maximum atomic E-state index is 12.7. The number of hydrogen-bond donors (Lipinski definition) is 0. The second-order valence-electron chi connectivity index (χ2n) is 4.82. The summed E-state index contributed by atoms with van der Waals surface area (Å²) < 4.78 is 26.8. The molecule has 0 aliphatic rings. The maximum Gasteiger partial charge on any atom is 0.245 e. The SMILES string of the molecule is CC(C)N(Cc1cccnc1)S(=O)(=O)c1ccc(Cl)nc1. The summed E-state index contributed by atoms with van der Waals surface area (Å²) in [6.07, 6.45) is 4.59. The highest BCUT2D eigenvalue weighted by Gasteiger charge is 2.27. The van der Waals surface area contributed by atoms with E-state index in [1.807, 2.05) is 19.9 Å². The van der Waals surface area contributed by atoms with E-state index in [1.54, 1.807) is 18.5 Å². The lowest BCUT2D eigenvalue weighted by Gasteiger charge is -2.25. The van der Waals surface area contributed by atoms with Crippen LogP contribution in [0.25, 0.3) is 0 Å². The number of rotatable bonds is 5. The monoisotopic (exact) mass is 325 g/mol. The zero-order valence-corrected chi connectivity index (χ0v) is 13.3. The van der Waals surface area contributed by atoms with Crippen molar-refractivity contribution >= 4 is 21.6 Å². The molecule has 0 amide bonds. The molecule has 0 unspecified atom stereocenters. The van der Waals surface area contributed by atoms with Crippen LogP contribution in [0.5, 0.6) is 0 Å². The van der Waals surface area contributed by atoms with Crippen LogP contribution in [-0.2, 0) is 16.6 Å². The molecule has 5 nitrogen and oxygen atoms in total. The smallest absolute Gasteiger partial charge is 0.245 e. The van der Waals surface area contributed by atoms with Crippen LogP contribution in [-0.4, -0.2) is 28.7 Å². The molecular weight excluding hydrogens is 310 g/mol. The van der Waals surface area contributed by atoms with Gasteiger partial charge in [0.15, 0.2) is 0 Å². The average molecular weight is 326 g/mol. The van der Waals surface area contributed by atoms with E-state index >= 15 is 0 Å². The summed E-state index contributed by atoms with van der Waals surface area (Å²) in [4.78, 5) is 7.98. The Labute approximate surface area is 129 Å². The fourth-order valence-electron chi connectivity index (χ4n) is 1.87. The van der Waals surface area contributed by atoms with Crippen molar-refractivity contribution in [1.29, 1.82) is 0 Å². The first-order valence-electron chi connectivity index (χ1n) is 6.43. The van der Waals surface area contributed by atoms with Crippen molar-refractivity contribution in [2.75, 3.05) is 0 Å². The van der Waals surface area contributed by atoms with Crippen molar-refractivity contribution in [3.63, 3.8) is 0 Å². The Morgan fingerprint density at radius 3 is 2.52 bits per heavy atom. The molecule has 0 bridgehead atoms. The first-order valence-corrected chi connectivity index (χ1v) is 8.25. The Morgan fingerprint density at radius 2 is 2.00 bits per heavy atom. The van der Waals surface area contributed by atoms with Crippen LogP contribution in [0.3, 0.4) is 0 Å². The largest absolute Gasteiger partial charge is 0.264 e. The summed E-state index contributed by atoms with van der Waals surface area (Å²) in [5, 5.41) is 0.261. The van der Waals surface area contributed by atoms with Gasteiger partial charge in [-0.25, -0.2) is 13.4 Å². The summed E-state index contributed by atoms with van der Waals surface area (Å²) in [5.41, 5.74) is 0.830. The number of sulfonamides is 1. The van der Waals surface area contributed by atoms with Crippen LogP contribution < -0.4 is 0 Å². The Hall–Kier alpha value is -1.50. The second kappa shape index (κ2) is 6.51. The highest BCUT2D eigenvalue weighted by molar-refractivity contribution is 7.89. The number of halogens is 1. The van der Waals surface area contributed by atoms with Crippen LogP contribution in [0.4, 0.5) is 0 Å². The van der Waals surface area contributed by atoms with Crippen LogP contribution >= 0.6 is 11.6 Å². The molecule has 0 saturated heterocycles. The van der Waals surface area contributed by atoms with E-state index in [4.69, 9.17) is 11.6 Å². The van der Waals surface area contributed by atoms with Gasteiger partial charge in [0.25, 0.3) is 0 Å². The normalized spacial score (nSPS) is 12.0. The predicted molar refractivity (Wildman–Crippen MR) is 81.3 cm³/mol. The Balaban J connectivity index is 2.35. The molecule has 0 aliphatic carbocycles.